The fraction of sp³-hybridized carbons (Fsp3) is 0.588. The average Bonchev–Trinajstić information content (AvgIpc) is 2.99. The second-order valence-electron chi connectivity index (χ2n) is 5.82. The van der Waals surface area contributed by atoms with Gasteiger partial charge in [-0.1, -0.05) is 51.9 Å². The first-order valence-electron chi connectivity index (χ1n) is 8.43. The van der Waals surface area contributed by atoms with Crippen LogP contribution in [0, 0.1) is 0 Å². The molecule has 0 radical (unpaired) electrons. The number of nitrogen functional groups attached to an aromatic ring is 1. The van der Waals surface area contributed by atoms with Crippen molar-refractivity contribution in [2.24, 2.45) is 0 Å². The molecule has 0 unspecified atom stereocenters. The van der Waals surface area contributed by atoms with Gasteiger partial charge in [0, 0.05) is 17.8 Å². The summed E-state index contributed by atoms with van der Waals surface area (Å²) in [5.74, 6) is 0.822. The molecule has 0 saturated heterocycles. The molecule has 0 bridgehead atoms. The van der Waals surface area contributed by atoms with Gasteiger partial charge < -0.3 is 5.73 Å². The maximum absolute atomic E-state index is 5.72. The van der Waals surface area contributed by atoms with Crippen LogP contribution >= 0.6 is 0 Å². The van der Waals surface area contributed by atoms with Crippen molar-refractivity contribution in [2.45, 2.75) is 64.8 Å². The lowest BCUT2D eigenvalue weighted by molar-refractivity contribution is 0.513. The lowest BCUT2D eigenvalue weighted by Gasteiger charge is -2.05. The molecule has 1 aromatic carbocycles. The average molecular weight is 301 g/mol. The van der Waals surface area contributed by atoms with Crippen molar-refractivity contribution in [2.75, 3.05) is 5.73 Å². The molecule has 0 saturated carbocycles. The summed E-state index contributed by atoms with van der Waals surface area (Å²) in [5.41, 5.74) is 7.48. The van der Waals surface area contributed by atoms with Gasteiger partial charge in [0.2, 0.25) is 0 Å². The minimum atomic E-state index is 0.755. The highest BCUT2D eigenvalue weighted by atomic mass is 15.5. The third-order valence-electron chi connectivity index (χ3n) is 3.92. The first kappa shape index (κ1) is 16.5. The Labute approximate surface area is 132 Å². The molecule has 5 nitrogen and oxygen atoms in total. The molecule has 5 heteroatoms. The monoisotopic (exact) mass is 301 g/mol. The van der Waals surface area contributed by atoms with Crippen LogP contribution in [0.3, 0.4) is 0 Å². The molecule has 1 aromatic heterocycles. The third-order valence-corrected chi connectivity index (χ3v) is 3.92. The van der Waals surface area contributed by atoms with E-state index < -0.39 is 0 Å². The van der Waals surface area contributed by atoms with E-state index in [2.05, 4.69) is 22.4 Å². The zero-order valence-corrected chi connectivity index (χ0v) is 13.5. The fourth-order valence-electron chi connectivity index (χ4n) is 2.59. The van der Waals surface area contributed by atoms with E-state index in [1.165, 1.54) is 44.9 Å². The summed E-state index contributed by atoms with van der Waals surface area (Å²) >= 11 is 0. The van der Waals surface area contributed by atoms with Gasteiger partial charge in [-0.05, 0) is 41.1 Å². The molecular formula is C17H27N5. The summed E-state index contributed by atoms with van der Waals surface area (Å²) in [6.07, 6.45) is 10.5. The predicted octanol–water partition coefficient (Wildman–Crippen LogP) is 4.06. The molecule has 2 aromatic rings. The van der Waals surface area contributed by atoms with E-state index in [1.54, 1.807) is 0 Å². The Kier molecular flexibility index (Phi) is 6.87. The Hall–Kier alpha value is -1.91. The van der Waals surface area contributed by atoms with Gasteiger partial charge in [0.15, 0.2) is 5.82 Å². The van der Waals surface area contributed by atoms with Crippen molar-refractivity contribution in [1.29, 1.82) is 0 Å². The summed E-state index contributed by atoms with van der Waals surface area (Å²) in [5, 5.41) is 12.0. The molecule has 0 aliphatic carbocycles. The van der Waals surface area contributed by atoms with Gasteiger partial charge in [-0.25, -0.2) is 4.68 Å². The van der Waals surface area contributed by atoms with Gasteiger partial charge in [0.25, 0.3) is 0 Å². The fourth-order valence-corrected chi connectivity index (χ4v) is 2.59. The number of rotatable bonds is 10. The number of anilines is 1. The van der Waals surface area contributed by atoms with Crippen molar-refractivity contribution in [3.63, 3.8) is 0 Å². The number of hydrogen-bond donors (Lipinski definition) is 1. The Morgan fingerprint density at radius 3 is 2.23 bits per heavy atom. The molecular weight excluding hydrogens is 274 g/mol. The molecule has 1 heterocycles. The molecule has 0 fully saturated rings. The van der Waals surface area contributed by atoms with Crippen LogP contribution in [0.2, 0.25) is 0 Å². The molecule has 0 aliphatic heterocycles. The van der Waals surface area contributed by atoms with Crippen molar-refractivity contribution < 1.29 is 0 Å². The molecule has 2 rings (SSSR count). The Morgan fingerprint density at radius 1 is 0.909 bits per heavy atom. The van der Waals surface area contributed by atoms with Crippen LogP contribution in [0.25, 0.3) is 11.4 Å². The second-order valence-corrected chi connectivity index (χ2v) is 5.82. The maximum Gasteiger partial charge on any atom is 0.182 e. The van der Waals surface area contributed by atoms with E-state index in [0.29, 0.717) is 0 Å². The van der Waals surface area contributed by atoms with E-state index >= 15 is 0 Å². The number of benzene rings is 1. The highest BCUT2D eigenvalue weighted by Gasteiger charge is 2.08. The number of aryl methyl sites for hydroxylation is 1. The number of tetrazole rings is 1. The van der Waals surface area contributed by atoms with Crippen molar-refractivity contribution in [3.8, 4) is 11.4 Å². The summed E-state index contributed by atoms with van der Waals surface area (Å²) in [6, 6.07) is 7.69. The summed E-state index contributed by atoms with van der Waals surface area (Å²) < 4.78 is 1.89. The van der Waals surface area contributed by atoms with Gasteiger partial charge in [0.1, 0.15) is 0 Å². The lowest BCUT2D eigenvalue weighted by Crippen LogP contribution is -2.03. The van der Waals surface area contributed by atoms with E-state index in [1.807, 2.05) is 28.9 Å². The van der Waals surface area contributed by atoms with Crippen LogP contribution < -0.4 is 5.73 Å². The second kappa shape index (κ2) is 9.18. The summed E-state index contributed by atoms with van der Waals surface area (Å²) in [7, 11) is 0. The van der Waals surface area contributed by atoms with Crippen LogP contribution in [0.1, 0.15) is 58.3 Å². The van der Waals surface area contributed by atoms with Gasteiger partial charge >= 0.3 is 0 Å². The molecule has 0 aliphatic rings. The van der Waals surface area contributed by atoms with Crippen molar-refractivity contribution in [1.82, 2.24) is 20.2 Å². The van der Waals surface area contributed by atoms with E-state index in [0.717, 1.165) is 30.0 Å². The Balaban J connectivity index is 1.73. The summed E-state index contributed by atoms with van der Waals surface area (Å²) in [4.78, 5) is 0. The zero-order valence-electron chi connectivity index (χ0n) is 13.5. The van der Waals surface area contributed by atoms with Crippen LogP contribution in [0.5, 0.6) is 0 Å². The first-order chi connectivity index (χ1) is 10.8. The standard InChI is InChI=1S/C17H27N5/c1-2-3-4-5-6-7-8-9-14-22-17(19-20-21-22)15-10-12-16(18)13-11-15/h10-13H,2-9,14,18H2,1H3. The minimum absolute atomic E-state index is 0.755. The van der Waals surface area contributed by atoms with Gasteiger partial charge in [-0.2, -0.15) is 0 Å². The SMILES string of the molecule is CCCCCCCCCCn1nnnc1-c1ccc(N)cc1. The van der Waals surface area contributed by atoms with Crippen molar-refractivity contribution >= 4 is 5.69 Å². The number of aromatic nitrogens is 4. The molecule has 0 spiro atoms. The lowest BCUT2D eigenvalue weighted by atomic mass is 10.1. The highest BCUT2D eigenvalue weighted by Crippen LogP contribution is 2.18. The summed E-state index contributed by atoms with van der Waals surface area (Å²) in [6.45, 7) is 3.13. The highest BCUT2D eigenvalue weighted by molar-refractivity contribution is 5.58. The van der Waals surface area contributed by atoms with Crippen LogP contribution in [-0.2, 0) is 6.54 Å². The predicted molar refractivity (Wildman–Crippen MR) is 90.3 cm³/mol. The van der Waals surface area contributed by atoms with Crippen molar-refractivity contribution in [3.05, 3.63) is 24.3 Å². The number of unbranched alkanes of at least 4 members (excludes halogenated alkanes) is 7. The van der Waals surface area contributed by atoms with E-state index in [9.17, 15) is 0 Å². The van der Waals surface area contributed by atoms with Gasteiger partial charge in [-0.3, -0.25) is 0 Å². The molecule has 2 N–H and O–H groups in total. The normalized spacial score (nSPS) is 11.0. The van der Waals surface area contributed by atoms with Gasteiger partial charge in [0.05, 0.1) is 0 Å². The zero-order chi connectivity index (χ0) is 15.6. The molecule has 22 heavy (non-hydrogen) atoms. The molecule has 0 atom stereocenters. The van der Waals surface area contributed by atoms with Crippen LogP contribution in [0.15, 0.2) is 24.3 Å². The van der Waals surface area contributed by atoms with Crippen LogP contribution in [-0.4, -0.2) is 20.2 Å². The number of hydrogen-bond acceptors (Lipinski definition) is 4. The minimum Gasteiger partial charge on any atom is -0.399 e. The number of nitrogens with zero attached hydrogens (tertiary/aromatic N) is 4. The number of nitrogens with two attached hydrogens (primary N) is 1. The first-order valence-corrected chi connectivity index (χ1v) is 8.43. The Bertz CT molecular complexity index is 532. The van der Waals surface area contributed by atoms with Crippen LogP contribution in [0.4, 0.5) is 5.69 Å². The van der Waals surface area contributed by atoms with E-state index in [-0.39, 0.29) is 0 Å². The maximum atomic E-state index is 5.72. The quantitative estimate of drug-likeness (QED) is 0.530. The Morgan fingerprint density at radius 2 is 1.55 bits per heavy atom. The largest absolute Gasteiger partial charge is 0.399 e. The van der Waals surface area contributed by atoms with Gasteiger partial charge in [-0.15, -0.1) is 5.10 Å². The molecule has 0 amide bonds. The molecule has 120 valence electrons. The smallest absolute Gasteiger partial charge is 0.182 e. The topological polar surface area (TPSA) is 69.6 Å². The van der Waals surface area contributed by atoms with E-state index in [4.69, 9.17) is 5.73 Å². The third kappa shape index (κ3) is 5.13.